The molecule has 2 N–H and O–H groups in total. The van der Waals surface area contributed by atoms with Gasteiger partial charge in [-0.2, -0.15) is 0 Å². The summed E-state index contributed by atoms with van der Waals surface area (Å²) in [6.07, 6.45) is 1.39. The fourth-order valence-electron chi connectivity index (χ4n) is 2.73. The van der Waals surface area contributed by atoms with Gasteiger partial charge in [-0.25, -0.2) is 0 Å². The highest BCUT2D eigenvalue weighted by Crippen LogP contribution is 2.32. The Balaban J connectivity index is 1.87. The molecule has 130 valence electrons. The molecule has 1 aliphatic heterocycles. The van der Waals surface area contributed by atoms with Crippen molar-refractivity contribution in [3.05, 3.63) is 24.3 Å². The summed E-state index contributed by atoms with van der Waals surface area (Å²) >= 11 is 0. The topological polar surface area (TPSA) is 95.9 Å². The molecule has 0 aromatic heterocycles. The van der Waals surface area contributed by atoms with Gasteiger partial charge in [0.1, 0.15) is 5.75 Å². The van der Waals surface area contributed by atoms with E-state index in [0.717, 1.165) is 0 Å². The number of rotatable bonds is 8. The van der Waals surface area contributed by atoms with Crippen molar-refractivity contribution in [3.8, 4) is 5.75 Å². The van der Waals surface area contributed by atoms with Crippen LogP contribution in [0.1, 0.15) is 25.7 Å². The molecule has 0 spiro atoms. The van der Waals surface area contributed by atoms with Gasteiger partial charge in [-0.15, -0.1) is 0 Å². The van der Waals surface area contributed by atoms with Crippen LogP contribution in [0.2, 0.25) is 0 Å². The van der Waals surface area contributed by atoms with Gasteiger partial charge in [0.2, 0.25) is 11.8 Å². The first-order chi connectivity index (χ1) is 11.5. The maximum Gasteiger partial charge on any atom is 0.303 e. The highest BCUT2D eigenvalue weighted by atomic mass is 16.5. The molecule has 2 amide bonds. The minimum Gasteiger partial charge on any atom is -0.495 e. The molecule has 1 aromatic carbocycles. The second-order valence-electron chi connectivity index (χ2n) is 5.72. The number of carbonyl (C=O) groups is 3. The molecule has 1 fully saturated rings. The van der Waals surface area contributed by atoms with Crippen LogP contribution in [0, 0.1) is 5.92 Å². The van der Waals surface area contributed by atoms with Gasteiger partial charge in [0, 0.05) is 25.9 Å². The van der Waals surface area contributed by atoms with Gasteiger partial charge in [0.25, 0.3) is 0 Å². The second kappa shape index (κ2) is 8.33. The normalized spacial score (nSPS) is 17.0. The zero-order valence-corrected chi connectivity index (χ0v) is 13.7. The van der Waals surface area contributed by atoms with Crippen LogP contribution in [0.4, 0.5) is 5.69 Å². The molecule has 0 bridgehead atoms. The Morgan fingerprint density at radius 2 is 2.08 bits per heavy atom. The summed E-state index contributed by atoms with van der Waals surface area (Å²) in [5.74, 6) is -0.917. The van der Waals surface area contributed by atoms with Crippen molar-refractivity contribution in [1.82, 2.24) is 5.32 Å². The van der Waals surface area contributed by atoms with Gasteiger partial charge in [-0.05, 0) is 25.0 Å². The Kier molecular flexibility index (Phi) is 6.17. The number of nitrogens with one attached hydrogen (secondary N) is 1. The minimum atomic E-state index is -0.838. The van der Waals surface area contributed by atoms with Crippen LogP contribution in [-0.4, -0.2) is 43.1 Å². The van der Waals surface area contributed by atoms with Crippen molar-refractivity contribution in [2.45, 2.75) is 25.7 Å². The Hall–Kier alpha value is -2.57. The molecular formula is C17H22N2O5. The molecule has 0 aliphatic carbocycles. The summed E-state index contributed by atoms with van der Waals surface area (Å²) in [6.45, 7) is 0.742. The average molecular weight is 334 g/mol. The van der Waals surface area contributed by atoms with E-state index in [2.05, 4.69) is 5.32 Å². The van der Waals surface area contributed by atoms with Crippen molar-refractivity contribution in [2.75, 3.05) is 25.1 Å². The summed E-state index contributed by atoms with van der Waals surface area (Å²) in [5, 5.41) is 11.3. The van der Waals surface area contributed by atoms with E-state index >= 15 is 0 Å². The van der Waals surface area contributed by atoms with Crippen LogP contribution in [0.5, 0.6) is 5.75 Å². The van der Waals surface area contributed by atoms with Crippen LogP contribution in [0.15, 0.2) is 24.3 Å². The maximum absolute atomic E-state index is 12.2. The minimum absolute atomic E-state index is 0.0966. The number of unbranched alkanes of at least 4 members (excludes halogenated alkanes) is 1. The Morgan fingerprint density at radius 1 is 1.33 bits per heavy atom. The number of hydrogen-bond acceptors (Lipinski definition) is 4. The molecule has 1 atom stereocenters. The summed E-state index contributed by atoms with van der Waals surface area (Å²) in [5.41, 5.74) is 0.668. The summed E-state index contributed by atoms with van der Waals surface area (Å²) in [4.78, 5) is 36.4. The number of ether oxygens (including phenoxy) is 1. The van der Waals surface area contributed by atoms with Crippen LogP contribution in [0.25, 0.3) is 0 Å². The number of carboxylic acid groups (broad SMARTS) is 1. The number of hydrogen-bond donors (Lipinski definition) is 2. The average Bonchev–Trinajstić information content (AvgIpc) is 2.95. The molecule has 7 heteroatoms. The number of anilines is 1. The number of carbonyl (C=O) groups excluding carboxylic acids is 2. The van der Waals surface area contributed by atoms with Gasteiger partial charge < -0.3 is 20.1 Å². The van der Waals surface area contributed by atoms with Crippen LogP contribution < -0.4 is 15.0 Å². The zero-order valence-electron chi connectivity index (χ0n) is 13.7. The van der Waals surface area contributed by atoms with E-state index in [1.807, 2.05) is 12.1 Å². The first-order valence-electron chi connectivity index (χ1n) is 7.95. The number of methoxy groups -OCH3 is 1. The SMILES string of the molecule is COc1ccccc1N1CC(C(=O)NCCCCC(=O)O)CC1=O. The van der Waals surface area contributed by atoms with E-state index in [0.29, 0.717) is 37.4 Å². The largest absolute Gasteiger partial charge is 0.495 e. The van der Waals surface area contributed by atoms with Crippen molar-refractivity contribution in [2.24, 2.45) is 5.92 Å². The predicted octanol–water partition coefficient (Wildman–Crippen LogP) is 1.42. The number of carboxylic acids is 1. The Labute approximate surface area is 140 Å². The molecule has 1 saturated heterocycles. The summed E-state index contributed by atoms with van der Waals surface area (Å²) < 4.78 is 5.27. The molecular weight excluding hydrogens is 312 g/mol. The Morgan fingerprint density at radius 3 is 2.79 bits per heavy atom. The van der Waals surface area contributed by atoms with Gasteiger partial charge in [-0.3, -0.25) is 14.4 Å². The molecule has 0 saturated carbocycles. The number of benzene rings is 1. The predicted molar refractivity (Wildman–Crippen MR) is 88.0 cm³/mol. The van der Waals surface area contributed by atoms with Gasteiger partial charge in [0.05, 0.1) is 18.7 Å². The van der Waals surface area contributed by atoms with E-state index in [1.165, 1.54) is 0 Å². The molecule has 1 aliphatic rings. The Bertz CT molecular complexity index is 617. The lowest BCUT2D eigenvalue weighted by molar-refractivity contribution is -0.137. The molecule has 2 rings (SSSR count). The molecule has 1 heterocycles. The lowest BCUT2D eigenvalue weighted by Gasteiger charge is -2.19. The van der Waals surface area contributed by atoms with E-state index in [4.69, 9.17) is 9.84 Å². The van der Waals surface area contributed by atoms with Crippen LogP contribution >= 0.6 is 0 Å². The fourth-order valence-corrected chi connectivity index (χ4v) is 2.73. The molecule has 0 radical (unpaired) electrons. The third-order valence-corrected chi connectivity index (χ3v) is 3.99. The first-order valence-corrected chi connectivity index (χ1v) is 7.95. The van der Waals surface area contributed by atoms with Gasteiger partial charge in [-0.1, -0.05) is 12.1 Å². The van der Waals surface area contributed by atoms with E-state index in [-0.39, 0.29) is 24.7 Å². The second-order valence-corrected chi connectivity index (χ2v) is 5.72. The van der Waals surface area contributed by atoms with Crippen LogP contribution in [-0.2, 0) is 14.4 Å². The first kappa shape index (κ1) is 17.8. The third-order valence-electron chi connectivity index (χ3n) is 3.99. The van der Waals surface area contributed by atoms with E-state index in [9.17, 15) is 14.4 Å². The lowest BCUT2D eigenvalue weighted by Crippen LogP contribution is -2.33. The monoisotopic (exact) mass is 334 g/mol. The quantitative estimate of drug-likeness (QED) is 0.701. The van der Waals surface area contributed by atoms with Crippen molar-refractivity contribution in [3.63, 3.8) is 0 Å². The number of aliphatic carboxylic acids is 1. The standard InChI is InChI=1S/C17H22N2O5/c1-24-14-7-3-2-6-13(14)19-11-12(10-15(19)20)17(23)18-9-5-4-8-16(21)22/h2-3,6-7,12H,4-5,8-11H2,1H3,(H,18,23)(H,21,22). The number of nitrogens with zero attached hydrogens (tertiary/aromatic N) is 1. The van der Waals surface area contributed by atoms with Gasteiger partial charge >= 0.3 is 5.97 Å². The smallest absolute Gasteiger partial charge is 0.303 e. The van der Waals surface area contributed by atoms with Crippen molar-refractivity contribution in [1.29, 1.82) is 0 Å². The number of para-hydroxylation sites is 2. The molecule has 1 unspecified atom stereocenters. The highest BCUT2D eigenvalue weighted by Gasteiger charge is 2.35. The molecule has 1 aromatic rings. The van der Waals surface area contributed by atoms with E-state index in [1.54, 1.807) is 24.1 Å². The maximum atomic E-state index is 12.2. The zero-order chi connectivity index (χ0) is 17.5. The van der Waals surface area contributed by atoms with Crippen molar-refractivity contribution >= 4 is 23.5 Å². The highest BCUT2D eigenvalue weighted by molar-refractivity contribution is 6.01. The molecule has 24 heavy (non-hydrogen) atoms. The van der Waals surface area contributed by atoms with E-state index < -0.39 is 11.9 Å². The van der Waals surface area contributed by atoms with Gasteiger partial charge in [0.15, 0.2) is 0 Å². The lowest BCUT2D eigenvalue weighted by atomic mass is 10.1. The van der Waals surface area contributed by atoms with Crippen molar-refractivity contribution < 1.29 is 24.2 Å². The summed E-state index contributed by atoms with van der Waals surface area (Å²) in [7, 11) is 1.54. The molecule has 7 nitrogen and oxygen atoms in total. The fraction of sp³-hybridized carbons (Fsp3) is 0.471. The third kappa shape index (κ3) is 4.47. The summed E-state index contributed by atoms with van der Waals surface area (Å²) in [6, 6.07) is 7.21. The number of amides is 2. The van der Waals surface area contributed by atoms with Crippen LogP contribution in [0.3, 0.4) is 0 Å².